The van der Waals surface area contributed by atoms with Gasteiger partial charge in [0.05, 0.1) is 58.5 Å². The van der Waals surface area contributed by atoms with Crippen LogP contribution in [0, 0.1) is 0 Å². The molecule has 2 saturated heterocycles. The minimum Gasteiger partial charge on any atom is -0.512 e. The van der Waals surface area contributed by atoms with Gasteiger partial charge < -0.3 is 25.0 Å². The van der Waals surface area contributed by atoms with Gasteiger partial charge in [0, 0.05) is 24.8 Å². The summed E-state index contributed by atoms with van der Waals surface area (Å²) < 4.78 is 10.8. The molecular weight excluding hydrogens is 548 g/mol. The first kappa shape index (κ1) is 28.5. The second-order valence-corrected chi connectivity index (χ2v) is 11.7. The number of methoxy groups -OCH3 is 1. The van der Waals surface area contributed by atoms with Crippen LogP contribution >= 0.6 is 0 Å². The largest absolute Gasteiger partial charge is 0.512 e. The average Bonchev–Trinajstić information content (AvgIpc) is 3.70. The van der Waals surface area contributed by atoms with Crippen LogP contribution in [0.15, 0.2) is 107 Å². The molecule has 43 heavy (non-hydrogen) atoms. The van der Waals surface area contributed by atoms with Gasteiger partial charge in [0.15, 0.2) is 5.60 Å². The van der Waals surface area contributed by atoms with Gasteiger partial charge in [0.1, 0.15) is 5.60 Å². The van der Waals surface area contributed by atoms with E-state index in [-0.39, 0.29) is 31.0 Å². The fraction of sp³-hybridized carbons (Fsp3) is 0.364. The molecular formula is C33H34N4O6. The lowest BCUT2D eigenvalue weighted by Gasteiger charge is -2.34. The molecule has 8 bridgehead atoms. The first-order valence-corrected chi connectivity index (χ1v) is 14.3. The number of nitrogens with one attached hydrogen (secondary N) is 1. The molecule has 1 spiro atoms. The van der Waals surface area contributed by atoms with Crippen molar-refractivity contribution < 1.29 is 29.3 Å². The van der Waals surface area contributed by atoms with Gasteiger partial charge in [-0.05, 0) is 93.7 Å². The molecule has 2 fully saturated rings. The molecule has 0 aromatic carbocycles. The van der Waals surface area contributed by atoms with Crippen LogP contribution in [0.25, 0.3) is 0 Å². The molecule has 2 atom stereocenters. The minimum atomic E-state index is -1.58. The van der Waals surface area contributed by atoms with Crippen molar-refractivity contribution >= 4 is 29.1 Å². The number of aliphatic hydroxyl groups excluding tert-OH is 1. The van der Waals surface area contributed by atoms with Crippen molar-refractivity contribution in [2.45, 2.75) is 71.5 Å². The minimum absolute atomic E-state index is 0.136. The molecule has 6 rings (SSSR count). The number of allylic oxidation sites excluding steroid dienone is 11. The molecule has 6 aliphatic heterocycles. The van der Waals surface area contributed by atoms with E-state index in [4.69, 9.17) is 24.5 Å². The lowest BCUT2D eigenvalue weighted by atomic mass is 9.80. The standard InChI is InChI=1S/C33H34N4O6/c1-16-11-20-12-23-18(3)31(19(4)38)26(36-23)13-24-17(2)21(7-8-29(39)42-6)25(35-24)15-28-33(10-9-30(40)43-33)32(5,41)27(37-28)14-22(16)34-20/h11-15,37-38,41H,7-10H2,1-6H3/b20-12?,24-13?,27-14?,28-15?,31-19+/t32-,33+/m1/s1. The Morgan fingerprint density at radius 2 is 1.77 bits per heavy atom. The lowest BCUT2D eigenvalue weighted by Crippen LogP contribution is -2.49. The molecule has 10 heteroatoms. The maximum absolute atomic E-state index is 12.5. The third kappa shape index (κ3) is 4.48. The maximum Gasteiger partial charge on any atom is 0.307 e. The smallest absolute Gasteiger partial charge is 0.307 e. The summed E-state index contributed by atoms with van der Waals surface area (Å²) in [7, 11) is 1.35. The van der Waals surface area contributed by atoms with Crippen molar-refractivity contribution in [3.05, 3.63) is 92.5 Å². The summed E-state index contributed by atoms with van der Waals surface area (Å²) >= 11 is 0. The Labute approximate surface area is 249 Å². The summed E-state index contributed by atoms with van der Waals surface area (Å²) in [6, 6.07) is 0. The van der Waals surface area contributed by atoms with Crippen molar-refractivity contribution in [3.63, 3.8) is 0 Å². The van der Waals surface area contributed by atoms with Crippen molar-refractivity contribution in [1.82, 2.24) is 5.32 Å². The van der Waals surface area contributed by atoms with E-state index in [9.17, 15) is 19.8 Å². The average molecular weight is 583 g/mol. The topological polar surface area (TPSA) is 142 Å². The first-order chi connectivity index (χ1) is 20.3. The molecule has 6 aliphatic rings. The van der Waals surface area contributed by atoms with Crippen molar-refractivity contribution in [2.24, 2.45) is 15.0 Å². The molecule has 0 radical (unpaired) electrons. The van der Waals surface area contributed by atoms with Gasteiger partial charge in [0.25, 0.3) is 0 Å². The number of ether oxygens (including phenoxy) is 2. The molecule has 0 saturated carbocycles. The fourth-order valence-corrected chi connectivity index (χ4v) is 6.43. The summed E-state index contributed by atoms with van der Waals surface area (Å²) in [4.78, 5) is 39.3. The van der Waals surface area contributed by atoms with Crippen LogP contribution in [0.3, 0.4) is 0 Å². The highest BCUT2D eigenvalue weighted by Gasteiger charge is 2.63. The highest BCUT2D eigenvalue weighted by atomic mass is 16.6. The number of aliphatic imine (C=N–C) groups is 3. The molecule has 0 amide bonds. The van der Waals surface area contributed by atoms with Crippen LogP contribution in [0.5, 0.6) is 0 Å². The van der Waals surface area contributed by atoms with Gasteiger partial charge in [-0.15, -0.1) is 0 Å². The lowest BCUT2D eigenvalue weighted by molar-refractivity contribution is -0.158. The summed E-state index contributed by atoms with van der Waals surface area (Å²) in [5.74, 6) is -0.617. The number of rotatable bonds is 3. The van der Waals surface area contributed by atoms with Crippen LogP contribution in [-0.2, 0) is 19.1 Å². The van der Waals surface area contributed by atoms with E-state index in [0.29, 0.717) is 57.6 Å². The highest BCUT2D eigenvalue weighted by Crippen LogP contribution is 2.50. The third-order valence-electron chi connectivity index (χ3n) is 8.93. The number of hydrogen-bond donors (Lipinski definition) is 3. The molecule has 3 N–H and O–H groups in total. The molecule has 0 aliphatic carbocycles. The van der Waals surface area contributed by atoms with Crippen LogP contribution in [0.1, 0.15) is 60.3 Å². The summed E-state index contributed by atoms with van der Waals surface area (Å²) in [6.07, 6.45) is 10.1. The van der Waals surface area contributed by atoms with Crippen LogP contribution in [-0.4, -0.2) is 57.6 Å². The van der Waals surface area contributed by atoms with Gasteiger partial charge in [-0.25, -0.2) is 15.0 Å². The number of esters is 2. The zero-order valence-corrected chi connectivity index (χ0v) is 25.1. The van der Waals surface area contributed by atoms with Gasteiger partial charge in [0.2, 0.25) is 0 Å². The second kappa shape index (κ2) is 10.0. The molecule has 10 nitrogen and oxygen atoms in total. The van der Waals surface area contributed by atoms with E-state index in [1.165, 1.54) is 7.11 Å². The number of hydrogen-bond acceptors (Lipinski definition) is 10. The van der Waals surface area contributed by atoms with Gasteiger partial charge in [-0.2, -0.15) is 0 Å². The Hall–Kier alpha value is -4.57. The zero-order chi connectivity index (χ0) is 30.8. The Kier molecular flexibility index (Phi) is 6.65. The highest BCUT2D eigenvalue weighted by molar-refractivity contribution is 6.18. The molecule has 6 heterocycles. The molecule has 0 aromatic rings. The fourth-order valence-electron chi connectivity index (χ4n) is 6.43. The summed E-state index contributed by atoms with van der Waals surface area (Å²) in [5.41, 5.74) is 5.68. The van der Waals surface area contributed by atoms with Crippen LogP contribution in [0.4, 0.5) is 0 Å². The van der Waals surface area contributed by atoms with E-state index in [0.717, 1.165) is 22.3 Å². The van der Waals surface area contributed by atoms with E-state index in [1.54, 1.807) is 26.0 Å². The van der Waals surface area contributed by atoms with E-state index in [1.807, 2.05) is 39.0 Å². The normalized spacial score (nSPS) is 29.0. The molecule has 0 aromatic heterocycles. The molecule has 222 valence electrons. The van der Waals surface area contributed by atoms with Crippen LogP contribution in [0.2, 0.25) is 0 Å². The van der Waals surface area contributed by atoms with Crippen molar-refractivity contribution in [3.8, 4) is 0 Å². The van der Waals surface area contributed by atoms with E-state index >= 15 is 0 Å². The maximum atomic E-state index is 12.5. The number of fused-ring (bicyclic) bond motifs is 6. The zero-order valence-electron chi connectivity index (χ0n) is 25.1. The van der Waals surface area contributed by atoms with Crippen LogP contribution < -0.4 is 5.32 Å². The van der Waals surface area contributed by atoms with Gasteiger partial charge in [-0.1, -0.05) is 0 Å². The predicted octanol–water partition coefficient (Wildman–Crippen LogP) is 4.65. The Morgan fingerprint density at radius 3 is 2.44 bits per heavy atom. The Morgan fingerprint density at radius 1 is 1.02 bits per heavy atom. The molecule has 0 unspecified atom stereocenters. The third-order valence-corrected chi connectivity index (χ3v) is 8.93. The predicted molar refractivity (Wildman–Crippen MR) is 162 cm³/mol. The Balaban J connectivity index is 1.61. The van der Waals surface area contributed by atoms with Crippen molar-refractivity contribution in [1.29, 1.82) is 0 Å². The van der Waals surface area contributed by atoms with E-state index < -0.39 is 17.2 Å². The van der Waals surface area contributed by atoms with Crippen molar-refractivity contribution in [2.75, 3.05) is 7.11 Å². The summed E-state index contributed by atoms with van der Waals surface area (Å²) in [6.45, 7) is 9.03. The van der Waals surface area contributed by atoms with E-state index in [2.05, 4.69) is 5.32 Å². The quantitative estimate of drug-likeness (QED) is 0.325. The van der Waals surface area contributed by atoms with Gasteiger partial charge in [-0.3, -0.25) is 9.59 Å². The SMILES string of the molecule is COC(=O)CCC1=C(C)C2=CC3=NC(=C(C)/C3=C(/C)O)C=C3C=C(C)C(=N3)C=C3NC(=CC1=N2)[C@@]1(CCC(=O)O1)[C@]3(C)O. The number of aliphatic hydroxyl groups is 2. The Bertz CT molecular complexity index is 1750. The summed E-state index contributed by atoms with van der Waals surface area (Å²) in [5, 5.41) is 26.0. The number of nitrogens with zero attached hydrogens (tertiary/aromatic N) is 3. The number of carbonyl (C=O) groups excluding carboxylic acids is 2. The monoisotopic (exact) mass is 582 g/mol. The van der Waals surface area contributed by atoms with Gasteiger partial charge >= 0.3 is 11.9 Å². The first-order valence-electron chi connectivity index (χ1n) is 14.3. The second-order valence-electron chi connectivity index (χ2n) is 11.7. The number of carbonyl (C=O) groups is 2.